The molecule has 0 fully saturated rings. The monoisotopic (exact) mass is 276 g/mol. The largest absolute Gasteiger partial charge is 0.402 e. The van der Waals surface area contributed by atoms with Gasteiger partial charge in [0, 0.05) is 6.07 Å². The van der Waals surface area contributed by atoms with E-state index in [-0.39, 0.29) is 0 Å². The minimum atomic E-state index is 0.993. The third-order valence-electron chi connectivity index (χ3n) is 4.82. The summed E-state index contributed by atoms with van der Waals surface area (Å²) in [6.45, 7) is 14.9. The van der Waals surface area contributed by atoms with E-state index in [2.05, 4.69) is 44.4 Å². The molecule has 0 bridgehead atoms. The van der Waals surface area contributed by atoms with Crippen LogP contribution < -0.4 is 4.57 Å². The number of benzene rings is 1. The van der Waals surface area contributed by atoms with Crippen molar-refractivity contribution in [3.8, 4) is 0 Å². The molecule has 0 N–H and O–H groups in total. The number of aromatic nitrogens is 1. The second kappa shape index (κ2) is 6.40. The molecule has 3 nitrogen and oxygen atoms in total. The van der Waals surface area contributed by atoms with Crippen molar-refractivity contribution in [2.75, 3.05) is 26.2 Å². The molecule has 0 aliphatic rings. The van der Waals surface area contributed by atoms with Gasteiger partial charge in [-0.15, -0.1) is 0 Å². The molecule has 0 radical (unpaired) electrons. The molecule has 0 spiro atoms. The van der Waals surface area contributed by atoms with Crippen LogP contribution in [0.25, 0.3) is 11.1 Å². The first kappa shape index (κ1) is 15.0. The van der Waals surface area contributed by atoms with Gasteiger partial charge in [0.05, 0.1) is 39.5 Å². The fraction of sp³-hybridized carbons (Fsp3) is 0.588. The van der Waals surface area contributed by atoms with E-state index in [4.69, 9.17) is 4.42 Å². The van der Waals surface area contributed by atoms with Crippen LogP contribution >= 0.6 is 0 Å². The third-order valence-corrected chi connectivity index (χ3v) is 4.82. The Morgan fingerprint density at radius 3 is 2.35 bits per heavy atom. The van der Waals surface area contributed by atoms with Crippen LogP contribution in [0.4, 0.5) is 0 Å². The van der Waals surface area contributed by atoms with Crippen LogP contribution in [0.2, 0.25) is 0 Å². The number of oxazole rings is 1. The topological polar surface area (TPSA) is 17.0 Å². The van der Waals surface area contributed by atoms with Gasteiger partial charge >= 0.3 is 5.89 Å². The molecule has 0 aliphatic carbocycles. The Bertz CT molecular complexity index is 547. The average Bonchev–Trinajstić information content (AvgIpc) is 2.80. The molecular formula is C17H28N2O+2. The minimum absolute atomic E-state index is 0.993. The van der Waals surface area contributed by atoms with Crippen LogP contribution in [0.15, 0.2) is 28.7 Å². The van der Waals surface area contributed by atoms with Gasteiger partial charge in [0.1, 0.15) is 0 Å². The molecule has 20 heavy (non-hydrogen) atoms. The van der Waals surface area contributed by atoms with Crippen molar-refractivity contribution < 1.29 is 13.5 Å². The molecule has 0 amide bonds. The third kappa shape index (κ3) is 2.88. The SMILES string of the molecule is CC[N+](CC)(CC)CCC[n+]1c(C)oc2ccccc21. The summed E-state index contributed by atoms with van der Waals surface area (Å²) in [4.78, 5) is 0. The maximum absolute atomic E-state index is 5.82. The Morgan fingerprint density at radius 1 is 1.05 bits per heavy atom. The molecule has 110 valence electrons. The van der Waals surface area contributed by atoms with Gasteiger partial charge in [0.15, 0.2) is 6.54 Å². The Kier molecular flexibility index (Phi) is 4.81. The zero-order valence-electron chi connectivity index (χ0n) is 13.4. The zero-order valence-corrected chi connectivity index (χ0v) is 13.4. The normalized spacial score (nSPS) is 12.2. The van der Waals surface area contributed by atoms with Gasteiger partial charge < -0.3 is 8.90 Å². The molecule has 0 aliphatic heterocycles. The van der Waals surface area contributed by atoms with Gasteiger partial charge in [-0.3, -0.25) is 0 Å². The van der Waals surface area contributed by atoms with Gasteiger partial charge in [-0.05, 0) is 26.8 Å². The quantitative estimate of drug-likeness (QED) is 0.560. The van der Waals surface area contributed by atoms with Crippen LogP contribution in [0, 0.1) is 6.92 Å². The maximum Gasteiger partial charge on any atom is 0.344 e. The Morgan fingerprint density at radius 2 is 1.70 bits per heavy atom. The number of aryl methyl sites for hydroxylation is 2. The number of hydrogen-bond donors (Lipinski definition) is 0. The number of nitrogens with zero attached hydrogens (tertiary/aromatic N) is 2. The van der Waals surface area contributed by atoms with E-state index < -0.39 is 0 Å². The van der Waals surface area contributed by atoms with Crippen molar-refractivity contribution >= 4 is 11.1 Å². The highest BCUT2D eigenvalue weighted by Gasteiger charge is 2.23. The predicted octanol–water partition coefficient (Wildman–Crippen LogP) is 3.30. The lowest BCUT2D eigenvalue weighted by Gasteiger charge is -2.35. The van der Waals surface area contributed by atoms with Crippen molar-refractivity contribution in [1.29, 1.82) is 0 Å². The summed E-state index contributed by atoms with van der Waals surface area (Å²) in [5, 5.41) is 0. The fourth-order valence-electron chi connectivity index (χ4n) is 3.14. The molecule has 0 unspecified atom stereocenters. The molecule has 2 aromatic rings. The number of hydrogen-bond acceptors (Lipinski definition) is 1. The van der Waals surface area contributed by atoms with Crippen molar-refractivity contribution in [2.45, 2.75) is 40.7 Å². The van der Waals surface area contributed by atoms with E-state index in [0.717, 1.165) is 18.0 Å². The van der Waals surface area contributed by atoms with E-state index in [1.54, 1.807) is 0 Å². The zero-order chi connectivity index (χ0) is 14.6. The van der Waals surface area contributed by atoms with Gasteiger partial charge in [-0.25, -0.2) is 0 Å². The van der Waals surface area contributed by atoms with E-state index in [0.29, 0.717) is 0 Å². The van der Waals surface area contributed by atoms with E-state index in [9.17, 15) is 0 Å². The molecule has 1 aromatic carbocycles. The lowest BCUT2D eigenvalue weighted by Crippen LogP contribution is -2.49. The second-order valence-electron chi connectivity index (χ2n) is 5.61. The van der Waals surface area contributed by atoms with Crippen LogP contribution in [-0.4, -0.2) is 30.7 Å². The van der Waals surface area contributed by atoms with Crippen molar-refractivity contribution in [2.24, 2.45) is 0 Å². The number of quaternary nitrogens is 1. The number of rotatable bonds is 7. The second-order valence-corrected chi connectivity index (χ2v) is 5.61. The van der Waals surface area contributed by atoms with Gasteiger partial charge in [-0.1, -0.05) is 12.1 Å². The molecule has 2 rings (SSSR count). The van der Waals surface area contributed by atoms with Gasteiger partial charge in [-0.2, -0.15) is 4.57 Å². The molecule has 3 heteroatoms. The van der Waals surface area contributed by atoms with Crippen LogP contribution in [0.5, 0.6) is 0 Å². The summed E-state index contributed by atoms with van der Waals surface area (Å²) >= 11 is 0. The van der Waals surface area contributed by atoms with Gasteiger partial charge in [0.2, 0.25) is 5.58 Å². The van der Waals surface area contributed by atoms with Gasteiger partial charge in [0.25, 0.3) is 5.52 Å². The molecular weight excluding hydrogens is 248 g/mol. The summed E-state index contributed by atoms with van der Waals surface area (Å²) in [6.07, 6.45) is 1.20. The van der Waals surface area contributed by atoms with E-state index in [1.807, 2.05) is 12.1 Å². The summed E-state index contributed by atoms with van der Waals surface area (Å²) in [6, 6.07) is 8.30. The summed E-state index contributed by atoms with van der Waals surface area (Å²) < 4.78 is 9.35. The summed E-state index contributed by atoms with van der Waals surface area (Å²) in [5.41, 5.74) is 2.21. The summed E-state index contributed by atoms with van der Waals surface area (Å²) in [5.74, 6) is 1.01. The van der Waals surface area contributed by atoms with Crippen LogP contribution in [0.3, 0.4) is 0 Å². The Hall–Kier alpha value is -1.35. The first-order chi connectivity index (χ1) is 9.65. The fourth-order valence-corrected chi connectivity index (χ4v) is 3.14. The van der Waals surface area contributed by atoms with Crippen molar-refractivity contribution in [3.05, 3.63) is 30.2 Å². The maximum atomic E-state index is 5.82. The standard InChI is InChI=1S/C17H28N2O/c1-5-19(6-2,7-3)14-10-13-18-15(4)20-17-12-9-8-11-16(17)18/h8-9,11-12H,5-7,10,13-14H2,1-4H3/q+2. The smallest absolute Gasteiger partial charge is 0.344 e. The van der Waals surface area contributed by atoms with Crippen LogP contribution in [-0.2, 0) is 6.54 Å². The molecule has 1 heterocycles. The molecule has 1 aromatic heterocycles. The molecule has 0 saturated heterocycles. The highest BCUT2D eigenvalue weighted by Crippen LogP contribution is 2.13. The Labute approximate surface area is 122 Å². The van der Waals surface area contributed by atoms with E-state index >= 15 is 0 Å². The summed E-state index contributed by atoms with van der Waals surface area (Å²) in [7, 11) is 0. The molecule has 0 atom stereocenters. The van der Waals surface area contributed by atoms with Crippen molar-refractivity contribution in [1.82, 2.24) is 0 Å². The number of fused-ring (bicyclic) bond motifs is 1. The highest BCUT2D eigenvalue weighted by atomic mass is 16.3. The van der Waals surface area contributed by atoms with E-state index in [1.165, 1.54) is 42.6 Å². The lowest BCUT2D eigenvalue weighted by molar-refractivity contribution is -0.925. The van der Waals surface area contributed by atoms with Crippen molar-refractivity contribution in [3.63, 3.8) is 0 Å². The first-order valence-corrected chi connectivity index (χ1v) is 7.89. The average molecular weight is 276 g/mol. The molecule has 0 saturated carbocycles. The van der Waals surface area contributed by atoms with Crippen LogP contribution in [0.1, 0.15) is 33.1 Å². The predicted molar refractivity (Wildman–Crippen MR) is 82.5 cm³/mol. The lowest BCUT2D eigenvalue weighted by atomic mass is 10.2. The Balaban J connectivity index is 2.08. The number of para-hydroxylation sites is 2. The minimum Gasteiger partial charge on any atom is -0.402 e. The first-order valence-electron chi connectivity index (χ1n) is 7.89. The highest BCUT2D eigenvalue weighted by molar-refractivity contribution is 5.68.